The summed E-state index contributed by atoms with van der Waals surface area (Å²) in [4.78, 5) is 10.9. The third kappa shape index (κ3) is 10.00. The van der Waals surface area contributed by atoms with Gasteiger partial charge < -0.3 is 9.84 Å². The van der Waals surface area contributed by atoms with Gasteiger partial charge in [-0.25, -0.2) is 4.79 Å². The van der Waals surface area contributed by atoms with E-state index in [1.54, 1.807) is 0 Å². The van der Waals surface area contributed by atoms with Gasteiger partial charge in [-0.05, 0) is 13.3 Å². The van der Waals surface area contributed by atoms with Crippen molar-refractivity contribution in [1.82, 2.24) is 0 Å². The molecule has 0 aliphatic rings. The van der Waals surface area contributed by atoms with Crippen molar-refractivity contribution in [3.8, 4) is 0 Å². The summed E-state index contributed by atoms with van der Waals surface area (Å²) >= 11 is 0. The number of hydrogen-bond acceptors (Lipinski definition) is 4. The summed E-state index contributed by atoms with van der Waals surface area (Å²) in [6.07, 6.45) is 7.14. The second-order valence-electron chi connectivity index (χ2n) is 4.43. The third-order valence-electron chi connectivity index (χ3n) is 2.60. The molecular formula is C13H25NO3. The maximum absolute atomic E-state index is 10.9. The zero-order valence-electron chi connectivity index (χ0n) is 11.0. The number of carbonyl (C=O) groups excluding carboxylic acids is 1. The number of ether oxygens (including phenoxy) is 1. The van der Waals surface area contributed by atoms with Crippen LogP contribution in [0.4, 0.5) is 0 Å². The summed E-state index contributed by atoms with van der Waals surface area (Å²) in [6, 6.07) is 0. The van der Waals surface area contributed by atoms with Gasteiger partial charge in [0.1, 0.15) is 12.3 Å². The molecule has 0 rings (SSSR count). The van der Waals surface area contributed by atoms with Gasteiger partial charge in [-0.3, -0.25) is 5.41 Å². The van der Waals surface area contributed by atoms with Gasteiger partial charge in [0.15, 0.2) is 0 Å². The molecule has 0 spiro atoms. The van der Waals surface area contributed by atoms with Crippen molar-refractivity contribution in [2.24, 2.45) is 0 Å². The van der Waals surface area contributed by atoms with Crippen LogP contribution in [0.15, 0.2) is 0 Å². The lowest BCUT2D eigenvalue weighted by Gasteiger charge is -2.10. The van der Waals surface area contributed by atoms with Gasteiger partial charge in [0.25, 0.3) is 0 Å². The van der Waals surface area contributed by atoms with E-state index in [9.17, 15) is 9.90 Å². The minimum Gasteiger partial charge on any atom is -0.458 e. The molecule has 0 heterocycles. The summed E-state index contributed by atoms with van der Waals surface area (Å²) < 4.78 is 4.75. The van der Waals surface area contributed by atoms with Crippen LogP contribution in [0.3, 0.4) is 0 Å². The fourth-order valence-electron chi connectivity index (χ4n) is 1.52. The average Bonchev–Trinajstić information content (AvgIpc) is 2.30. The SMILES string of the molecule is CCCCCCCCC(O)COC(=O)C(C)=N. The molecule has 0 amide bonds. The Morgan fingerprint density at radius 2 is 1.82 bits per heavy atom. The highest BCUT2D eigenvalue weighted by molar-refractivity contribution is 6.33. The lowest BCUT2D eigenvalue weighted by atomic mass is 10.1. The summed E-state index contributed by atoms with van der Waals surface area (Å²) in [5.74, 6) is -0.646. The van der Waals surface area contributed by atoms with Crippen LogP contribution in [0, 0.1) is 5.41 Å². The van der Waals surface area contributed by atoms with Gasteiger partial charge in [-0.2, -0.15) is 0 Å². The van der Waals surface area contributed by atoms with Crippen LogP contribution in [0.1, 0.15) is 58.8 Å². The normalized spacial score (nSPS) is 12.2. The number of aliphatic hydroxyl groups is 1. The molecule has 4 heteroatoms. The molecule has 0 aliphatic heterocycles. The number of esters is 1. The lowest BCUT2D eigenvalue weighted by Crippen LogP contribution is -2.21. The lowest BCUT2D eigenvalue weighted by molar-refractivity contribution is -0.138. The molecule has 0 aromatic carbocycles. The number of hydrogen-bond donors (Lipinski definition) is 2. The van der Waals surface area contributed by atoms with Crippen LogP contribution in [-0.2, 0) is 9.53 Å². The Morgan fingerprint density at radius 1 is 1.24 bits per heavy atom. The second-order valence-corrected chi connectivity index (χ2v) is 4.43. The molecule has 0 bridgehead atoms. The van der Waals surface area contributed by atoms with E-state index in [-0.39, 0.29) is 12.3 Å². The van der Waals surface area contributed by atoms with Gasteiger partial charge in [0.2, 0.25) is 0 Å². The molecular weight excluding hydrogens is 218 g/mol. The number of nitrogens with one attached hydrogen (secondary N) is 1. The van der Waals surface area contributed by atoms with Gasteiger partial charge in [0.05, 0.1) is 6.10 Å². The van der Waals surface area contributed by atoms with Crippen molar-refractivity contribution in [3.63, 3.8) is 0 Å². The first kappa shape index (κ1) is 16.1. The molecule has 0 radical (unpaired) electrons. The summed E-state index contributed by atoms with van der Waals surface area (Å²) in [7, 11) is 0. The third-order valence-corrected chi connectivity index (χ3v) is 2.60. The number of unbranched alkanes of at least 4 members (excludes halogenated alkanes) is 5. The highest BCUT2D eigenvalue weighted by Crippen LogP contribution is 2.08. The molecule has 0 fully saturated rings. The first-order chi connectivity index (χ1) is 8.07. The molecule has 100 valence electrons. The first-order valence-electron chi connectivity index (χ1n) is 6.48. The van der Waals surface area contributed by atoms with E-state index in [2.05, 4.69) is 6.92 Å². The van der Waals surface area contributed by atoms with Crippen molar-refractivity contribution in [3.05, 3.63) is 0 Å². The topological polar surface area (TPSA) is 70.4 Å². The van der Waals surface area contributed by atoms with Gasteiger partial charge >= 0.3 is 5.97 Å². The van der Waals surface area contributed by atoms with E-state index in [0.29, 0.717) is 6.42 Å². The Hall–Kier alpha value is -0.900. The molecule has 1 atom stereocenters. The maximum atomic E-state index is 10.9. The largest absolute Gasteiger partial charge is 0.458 e. The zero-order valence-corrected chi connectivity index (χ0v) is 11.0. The van der Waals surface area contributed by atoms with Crippen molar-refractivity contribution >= 4 is 11.7 Å². The van der Waals surface area contributed by atoms with E-state index < -0.39 is 12.1 Å². The Balaban J connectivity index is 3.37. The maximum Gasteiger partial charge on any atom is 0.351 e. The molecule has 0 aromatic heterocycles. The number of carbonyl (C=O) groups is 1. The standard InChI is InChI=1S/C13H25NO3/c1-3-4-5-6-7-8-9-12(15)10-17-13(16)11(2)14/h12,14-15H,3-10H2,1-2H3. The number of aliphatic hydroxyl groups excluding tert-OH is 1. The highest BCUT2D eigenvalue weighted by atomic mass is 16.5. The van der Waals surface area contributed by atoms with E-state index in [4.69, 9.17) is 10.1 Å². The average molecular weight is 243 g/mol. The molecule has 1 unspecified atom stereocenters. The fraction of sp³-hybridized carbons (Fsp3) is 0.846. The van der Waals surface area contributed by atoms with E-state index in [1.165, 1.54) is 32.6 Å². The molecule has 2 N–H and O–H groups in total. The fourth-order valence-corrected chi connectivity index (χ4v) is 1.52. The molecule has 0 saturated heterocycles. The molecule has 0 aromatic rings. The van der Waals surface area contributed by atoms with Gasteiger partial charge in [-0.1, -0.05) is 45.4 Å². The predicted molar refractivity (Wildman–Crippen MR) is 68.4 cm³/mol. The minimum atomic E-state index is -0.646. The quantitative estimate of drug-likeness (QED) is 0.352. The Labute approximate surface area is 104 Å². The molecule has 0 aliphatic carbocycles. The Morgan fingerprint density at radius 3 is 2.41 bits per heavy atom. The first-order valence-corrected chi connectivity index (χ1v) is 6.48. The van der Waals surface area contributed by atoms with Crippen molar-refractivity contribution in [2.45, 2.75) is 64.9 Å². The molecule has 4 nitrogen and oxygen atoms in total. The molecule has 0 saturated carbocycles. The van der Waals surface area contributed by atoms with Crippen molar-refractivity contribution in [2.75, 3.05) is 6.61 Å². The Bertz CT molecular complexity index is 229. The van der Waals surface area contributed by atoms with Crippen LogP contribution >= 0.6 is 0 Å². The minimum absolute atomic E-state index is 0.00398. The van der Waals surface area contributed by atoms with E-state index in [1.807, 2.05) is 0 Å². The predicted octanol–water partition coefficient (Wildman–Crippen LogP) is 2.68. The number of rotatable bonds is 10. The van der Waals surface area contributed by atoms with Gasteiger partial charge in [0, 0.05) is 0 Å². The van der Waals surface area contributed by atoms with Gasteiger partial charge in [-0.15, -0.1) is 0 Å². The summed E-state index contributed by atoms with van der Waals surface area (Å²) in [5, 5.41) is 16.6. The van der Waals surface area contributed by atoms with Crippen LogP contribution in [0.25, 0.3) is 0 Å². The summed E-state index contributed by atoms with van der Waals surface area (Å²) in [5.41, 5.74) is -0.128. The van der Waals surface area contributed by atoms with E-state index in [0.717, 1.165) is 12.8 Å². The van der Waals surface area contributed by atoms with Crippen LogP contribution in [0.2, 0.25) is 0 Å². The van der Waals surface area contributed by atoms with Crippen molar-refractivity contribution < 1.29 is 14.6 Å². The van der Waals surface area contributed by atoms with Crippen LogP contribution < -0.4 is 0 Å². The van der Waals surface area contributed by atoms with Crippen LogP contribution in [0.5, 0.6) is 0 Å². The second kappa shape index (κ2) is 10.3. The Kier molecular flexibility index (Phi) is 9.72. The smallest absolute Gasteiger partial charge is 0.351 e. The van der Waals surface area contributed by atoms with Crippen LogP contribution in [-0.4, -0.2) is 29.5 Å². The summed E-state index contributed by atoms with van der Waals surface area (Å²) in [6.45, 7) is 3.57. The monoisotopic (exact) mass is 243 g/mol. The van der Waals surface area contributed by atoms with E-state index >= 15 is 0 Å². The highest BCUT2D eigenvalue weighted by Gasteiger charge is 2.09. The molecule has 17 heavy (non-hydrogen) atoms. The van der Waals surface area contributed by atoms with Crippen molar-refractivity contribution in [1.29, 1.82) is 5.41 Å². The zero-order chi connectivity index (χ0) is 13.1.